The molecule has 0 heterocycles. The summed E-state index contributed by atoms with van der Waals surface area (Å²) in [6.07, 6.45) is 5.28. The molecular weight excluding hydrogens is 128 g/mol. The molecule has 3 heteroatoms. The van der Waals surface area contributed by atoms with E-state index in [0.717, 1.165) is 18.3 Å². The molecule has 0 radical (unpaired) electrons. The molecule has 1 fully saturated rings. The van der Waals surface area contributed by atoms with Gasteiger partial charge in [-0.15, -0.1) is 0 Å². The molecule has 0 aliphatic heterocycles. The van der Waals surface area contributed by atoms with Gasteiger partial charge in [0, 0.05) is 6.21 Å². The van der Waals surface area contributed by atoms with Crippen LogP contribution in [0.3, 0.4) is 0 Å². The van der Waals surface area contributed by atoms with Crippen LogP contribution in [0.2, 0.25) is 0 Å². The fraction of sp³-hybridized carbons (Fsp3) is 0.857. The minimum atomic E-state index is 0.921. The minimum absolute atomic E-state index is 0.921. The van der Waals surface area contributed by atoms with Gasteiger partial charge in [0.05, 0.1) is 0 Å². The van der Waals surface area contributed by atoms with E-state index in [1.807, 2.05) is 0 Å². The summed E-state index contributed by atoms with van der Waals surface area (Å²) in [6, 6.07) is 0. The summed E-state index contributed by atoms with van der Waals surface area (Å²) in [6.45, 7) is 2.27. The average Bonchev–Trinajstić information content (AvgIpc) is 2.60. The van der Waals surface area contributed by atoms with Gasteiger partial charge in [0.2, 0.25) is 0 Å². The number of hydrogen-bond acceptors (Lipinski definition) is 3. The first-order valence-electron chi connectivity index (χ1n) is 3.75. The van der Waals surface area contributed by atoms with Crippen LogP contribution in [0.4, 0.5) is 0 Å². The molecule has 10 heavy (non-hydrogen) atoms. The topological polar surface area (TPSA) is 44.6 Å². The van der Waals surface area contributed by atoms with Crippen LogP contribution in [0.1, 0.15) is 26.2 Å². The van der Waals surface area contributed by atoms with E-state index in [0.29, 0.717) is 0 Å². The van der Waals surface area contributed by atoms with Crippen molar-refractivity contribution in [1.82, 2.24) is 5.59 Å². The van der Waals surface area contributed by atoms with Crippen LogP contribution in [0, 0.1) is 11.8 Å². The zero-order valence-electron chi connectivity index (χ0n) is 6.25. The lowest BCUT2D eigenvalue weighted by Gasteiger charge is -1.90. The van der Waals surface area contributed by atoms with Gasteiger partial charge in [-0.3, -0.25) is 5.21 Å². The molecule has 0 aromatic rings. The molecule has 2 unspecified atom stereocenters. The maximum Gasteiger partial charge on any atom is 0.0267 e. The molecule has 3 nitrogen and oxygen atoms in total. The van der Waals surface area contributed by atoms with E-state index in [-0.39, 0.29) is 0 Å². The Labute approximate surface area is 61.1 Å². The monoisotopic (exact) mass is 142 g/mol. The quantitative estimate of drug-likeness (QED) is 0.460. The Kier molecular flexibility index (Phi) is 2.68. The highest BCUT2D eigenvalue weighted by atomic mass is 16.5. The smallest absolute Gasteiger partial charge is 0.0267 e. The van der Waals surface area contributed by atoms with Crippen molar-refractivity contribution < 1.29 is 5.21 Å². The molecule has 1 aliphatic rings. The zero-order chi connectivity index (χ0) is 7.40. The highest BCUT2D eigenvalue weighted by Crippen LogP contribution is 2.40. The Morgan fingerprint density at radius 1 is 1.80 bits per heavy atom. The van der Waals surface area contributed by atoms with E-state index in [1.54, 1.807) is 11.8 Å². The van der Waals surface area contributed by atoms with Crippen LogP contribution in [-0.4, -0.2) is 11.4 Å². The van der Waals surface area contributed by atoms with E-state index in [9.17, 15) is 0 Å². The third kappa shape index (κ3) is 2.35. The second-order valence-corrected chi connectivity index (χ2v) is 2.96. The molecule has 0 spiro atoms. The summed E-state index contributed by atoms with van der Waals surface area (Å²) in [5.41, 5.74) is 1.74. The van der Waals surface area contributed by atoms with E-state index in [1.165, 1.54) is 12.8 Å². The highest BCUT2D eigenvalue weighted by Gasteiger charge is 2.30. The third-order valence-corrected chi connectivity index (χ3v) is 2.09. The van der Waals surface area contributed by atoms with Crippen LogP contribution in [-0.2, 0) is 0 Å². The van der Waals surface area contributed by atoms with Gasteiger partial charge in [0.1, 0.15) is 0 Å². The van der Waals surface area contributed by atoms with Crippen molar-refractivity contribution in [2.75, 3.05) is 0 Å². The van der Waals surface area contributed by atoms with Gasteiger partial charge in [0.25, 0.3) is 0 Å². The van der Waals surface area contributed by atoms with Gasteiger partial charge in [-0.25, -0.2) is 0 Å². The molecule has 1 aliphatic carbocycles. The number of nitrogens with one attached hydrogen (secondary N) is 1. The Balaban J connectivity index is 1.91. The highest BCUT2D eigenvalue weighted by molar-refractivity contribution is 5.56. The maximum atomic E-state index is 8.05. The first-order chi connectivity index (χ1) is 4.84. The third-order valence-electron chi connectivity index (χ3n) is 2.09. The summed E-state index contributed by atoms with van der Waals surface area (Å²) in [4.78, 5) is 0. The fourth-order valence-electron chi connectivity index (χ4n) is 1.20. The van der Waals surface area contributed by atoms with Crippen molar-refractivity contribution in [3.8, 4) is 0 Å². The summed E-state index contributed by atoms with van der Waals surface area (Å²) in [7, 11) is 0. The number of nitrogens with zero attached hydrogens (tertiary/aromatic N) is 1. The van der Waals surface area contributed by atoms with Gasteiger partial charge in [-0.1, -0.05) is 6.92 Å². The first kappa shape index (κ1) is 7.54. The second-order valence-electron chi connectivity index (χ2n) is 2.96. The van der Waals surface area contributed by atoms with Crippen LogP contribution in [0.5, 0.6) is 0 Å². The van der Waals surface area contributed by atoms with Gasteiger partial charge >= 0.3 is 0 Å². The Hall–Kier alpha value is -0.570. The van der Waals surface area contributed by atoms with Crippen molar-refractivity contribution in [3.05, 3.63) is 0 Å². The lowest BCUT2D eigenvalue weighted by molar-refractivity contribution is 0.172. The van der Waals surface area contributed by atoms with Crippen molar-refractivity contribution in [1.29, 1.82) is 0 Å². The number of hydrogen-bond donors (Lipinski definition) is 2. The lowest BCUT2D eigenvalue weighted by atomic mass is 10.2. The molecule has 0 saturated heterocycles. The molecule has 2 atom stereocenters. The normalized spacial score (nSPS) is 31.0. The zero-order valence-corrected chi connectivity index (χ0v) is 6.25. The van der Waals surface area contributed by atoms with Crippen LogP contribution < -0.4 is 5.59 Å². The fourth-order valence-corrected chi connectivity index (χ4v) is 1.20. The van der Waals surface area contributed by atoms with Crippen LogP contribution >= 0.6 is 0 Å². The summed E-state index contributed by atoms with van der Waals surface area (Å²) >= 11 is 0. The minimum Gasteiger partial charge on any atom is -0.274 e. The molecular formula is C7H14N2O. The van der Waals surface area contributed by atoms with E-state index in [4.69, 9.17) is 5.21 Å². The lowest BCUT2D eigenvalue weighted by Crippen LogP contribution is -1.95. The van der Waals surface area contributed by atoms with E-state index >= 15 is 0 Å². The second kappa shape index (κ2) is 3.56. The standard InChI is InChI=1S/C7H14N2O/c1-6-5-7(6)3-2-4-8-9-10/h4,6-7,9-10H,2-3,5H2,1H3/b8-4-. The number of hydrazone groups is 1. The average molecular weight is 142 g/mol. The van der Waals surface area contributed by atoms with E-state index < -0.39 is 0 Å². The summed E-state index contributed by atoms with van der Waals surface area (Å²) in [5, 5.41) is 11.5. The van der Waals surface area contributed by atoms with Crippen molar-refractivity contribution >= 4 is 6.21 Å². The van der Waals surface area contributed by atoms with Crippen LogP contribution in [0.15, 0.2) is 5.10 Å². The SMILES string of the molecule is CC1CC1CC/C=N\NO. The Morgan fingerprint density at radius 2 is 2.50 bits per heavy atom. The van der Waals surface area contributed by atoms with Crippen LogP contribution in [0.25, 0.3) is 0 Å². The molecule has 0 amide bonds. The molecule has 1 saturated carbocycles. The van der Waals surface area contributed by atoms with E-state index in [2.05, 4.69) is 12.0 Å². The van der Waals surface area contributed by atoms with Gasteiger partial charge in [-0.05, 0) is 31.1 Å². The maximum absolute atomic E-state index is 8.05. The molecule has 0 aromatic heterocycles. The predicted molar refractivity (Wildman–Crippen MR) is 39.9 cm³/mol. The molecule has 0 bridgehead atoms. The Morgan fingerprint density at radius 3 is 3.00 bits per heavy atom. The summed E-state index contributed by atoms with van der Waals surface area (Å²) in [5.74, 6) is 1.85. The van der Waals surface area contributed by atoms with Gasteiger partial charge in [-0.2, -0.15) is 10.7 Å². The van der Waals surface area contributed by atoms with Gasteiger partial charge < -0.3 is 0 Å². The molecule has 1 rings (SSSR count). The largest absolute Gasteiger partial charge is 0.274 e. The molecule has 0 aromatic carbocycles. The summed E-state index contributed by atoms with van der Waals surface area (Å²) < 4.78 is 0. The molecule has 2 N–H and O–H groups in total. The van der Waals surface area contributed by atoms with Crippen molar-refractivity contribution in [2.45, 2.75) is 26.2 Å². The van der Waals surface area contributed by atoms with Gasteiger partial charge in [0.15, 0.2) is 0 Å². The van der Waals surface area contributed by atoms with Crippen molar-refractivity contribution in [3.63, 3.8) is 0 Å². The Bertz CT molecular complexity index is 125. The van der Waals surface area contributed by atoms with Crippen molar-refractivity contribution in [2.24, 2.45) is 16.9 Å². The predicted octanol–water partition coefficient (Wildman–Crippen LogP) is 1.39. The number of rotatable bonds is 4. The first-order valence-corrected chi connectivity index (χ1v) is 3.75. The molecule has 58 valence electrons.